The lowest BCUT2D eigenvalue weighted by Gasteiger charge is -2.12. The molecule has 0 unspecified atom stereocenters. The van der Waals surface area contributed by atoms with Crippen molar-refractivity contribution in [3.8, 4) is 17.2 Å². The molecule has 2 rings (SSSR count). The lowest BCUT2D eigenvalue weighted by molar-refractivity contribution is 0.300. The Hall–Kier alpha value is -1.65. The molecule has 0 atom stereocenters. The molecule has 0 aliphatic heterocycles. The molecule has 0 aliphatic rings. The van der Waals surface area contributed by atoms with Gasteiger partial charge in [-0.25, -0.2) is 4.39 Å². The van der Waals surface area contributed by atoms with Crippen molar-refractivity contribution in [1.82, 2.24) is 0 Å². The van der Waals surface area contributed by atoms with Crippen LogP contribution in [0.25, 0.3) is 0 Å². The van der Waals surface area contributed by atoms with Gasteiger partial charge in [0.05, 0.1) is 22.3 Å². The van der Waals surface area contributed by atoms with E-state index in [0.717, 1.165) is 12.5 Å². The topological polar surface area (TPSA) is 44.5 Å². The summed E-state index contributed by atoms with van der Waals surface area (Å²) in [5.74, 6) is 0.314. The van der Waals surface area contributed by atoms with E-state index >= 15 is 0 Å². The first kappa shape index (κ1) is 15.7. The van der Waals surface area contributed by atoms with Gasteiger partial charge in [0.1, 0.15) is 5.75 Å². The van der Waals surface area contributed by atoms with Crippen LogP contribution in [0.3, 0.4) is 0 Å². The predicted octanol–water partition coefficient (Wildman–Crippen LogP) is 5.30. The zero-order valence-electron chi connectivity index (χ0n) is 11.3. The number of hydrogen-bond donors (Lipinski definition) is 1. The third-order valence-corrected chi connectivity index (χ3v) is 3.38. The van der Waals surface area contributed by atoms with Crippen LogP contribution < -0.4 is 15.2 Å². The Labute approximate surface area is 132 Å². The zero-order valence-corrected chi connectivity index (χ0v) is 12.8. The fourth-order valence-electron chi connectivity index (χ4n) is 1.63. The molecule has 0 heterocycles. The van der Waals surface area contributed by atoms with E-state index < -0.39 is 5.82 Å². The first-order chi connectivity index (χ1) is 10.0. The van der Waals surface area contributed by atoms with Crippen LogP contribution in [-0.2, 0) is 0 Å². The molecule has 0 fully saturated rings. The molecule has 0 bridgehead atoms. The highest BCUT2D eigenvalue weighted by molar-refractivity contribution is 6.42. The molecule has 0 radical (unpaired) electrons. The van der Waals surface area contributed by atoms with Crippen LogP contribution in [0.5, 0.6) is 17.2 Å². The largest absolute Gasteiger partial charge is 0.490 e. The first-order valence-corrected chi connectivity index (χ1v) is 7.11. The van der Waals surface area contributed by atoms with Crippen molar-refractivity contribution in [2.24, 2.45) is 0 Å². The van der Waals surface area contributed by atoms with Crippen LogP contribution in [0.1, 0.15) is 13.3 Å². The van der Waals surface area contributed by atoms with Gasteiger partial charge in [-0.3, -0.25) is 0 Å². The fourth-order valence-corrected chi connectivity index (χ4v) is 1.92. The standard InChI is InChI=1S/C15H14Cl2FNO2/c1-2-5-20-14-8-15(13(19)7-12(14)18)21-9-3-4-10(16)11(17)6-9/h3-4,6-8H,2,5,19H2,1H3. The van der Waals surface area contributed by atoms with Crippen LogP contribution in [0.15, 0.2) is 30.3 Å². The molecule has 6 heteroatoms. The Morgan fingerprint density at radius 1 is 1.10 bits per heavy atom. The summed E-state index contributed by atoms with van der Waals surface area (Å²) < 4.78 is 24.6. The Morgan fingerprint density at radius 3 is 2.52 bits per heavy atom. The molecular weight excluding hydrogens is 316 g/mol. The summed E-state index contributed by atoms with van der Waals surface area (Å²) in [5, 5.41) is 0.778. The highest BCUT2D eigenvalue weighted by atomic mass is 35.5. The average Bonchev–Trinajstić information content (AvgIpc) is 2.44. The highest BCUT2D eigenvalue weighted by Crippen LogP contribution is 2.35. The second-order valence-corrected chi connectivity index (χ2v) is 5.16. The van der Waals surface area contributed by atoms with Gasteiger partial charge in [-0.15, -0.1) is 0 Å². The van der Waals surface area contributed by atoms with Crippen LogP contribution >= 0.6 is 23.2 Å². The number of rotatable bonds is 5. The van der Waals surface area contributed by atoms with Crippen LogP contribution in [0, 0.1) is 5.82 Å². The lowest BCUT2D eigenvalue weighted by atomic mass is 10.2. The summed E-state index contributed by atoms with van der Waals surface area (Å²) in [4.78, 5) is 0. The van der Waals surface area contributed by atoms with Crippen LogP contribution in [-0.4, -0.2) is 6.61 Å². The van der Waals surface area contributed by atoms with E-state index in [1.807, 2.05) is 6.92 Å². The molecule has 112 valence electrons. The second-order valence-electron chi connectivity index (χ2n) is 4.35. The summed E-state index contributed by atoms with van der Waals surface area (Å²) in [6.45, 7) is 2.34. The maximum absolute atomic E-state index is 13.7. The molecule has 0 saturated carbocycles. The number of anilines is 1. The third kappa shape index (κ3) is 3.93. The summed E-state index contributed by atoms with van der Waals surface area (Å²) in [7, 11) is 0. The third-order valence-electron chi connectivity index (χ3n) is 2.64. The van der Waals surface area contributed by atoms with Crippen LogP contribution in [0.2, 0.25) is 10.0 Å². The molecule has 0 aromatic heterocycles. The molecular formula is C15H14Cl2FNO2. The Kier molecular flexibility index (Phi) is 5.15. The number of nitrogens with two attached hydrogens (primary N) is 1. The second kappa shape index (κ2) is 6.87. The molecule has 2 N–H and O–H groups in total. The fraction of sp³-hybridized carbons (Fsp3) is 0.200. The van der Waals surface area contributed by atoms with Crippen molar-refractivity contribution < 1.29 is 13.9 Å². The Morgan fingerprint density at radius 2 is 1.86 bits per heavy atom. The van der Waals surface area contributed by atoms with E-state index in [1.54, 1.807) is 18.2 Å². The molecule has 0 amide bonds. The summed E-state index contributed by atoms with van der Waals surface area (Å²) in [6.07, 6.45) is 0.771. The van der Waals surface area contributed by atoms with Gasteiger partial charge in [-0.1, -0.05) is 30.1 Å². The van der Waals surface area contributed by atoms with Crippen molar-refractivity contribution in [2.45, 2.75) is 13.3 Å². The molecule has 21 heavy (non-hydrogen) atoms. The van der Waals surface area contributed by atoms with Crippen molar-refractivity contribution >= 4 is 28.9 Å². The summed E-state index contributed by atoms with van der Waals surface area (Å²) in [5.41, 5.74) is 5.92. The van der Waals surface area contributed by atoms with Gasteiger partial charge in [0, 0.05) is 18.2 Å². The number of hydrogen-bond acceptors (Lipinski definition) is 3. The van der Waals surface area contributed by atoms with Crippen LogP contribution in [0.4, 0.5) is 10.1 Å². The maximum Gasteiger partial charge on any atom is 0.167 e. The summed E-state index contributed by atoms with van der Waals surface area (Å²) in [6, 6.07) is 7.39. The number of benzene rings is 2. The molecule has 2 aromatic carbocycles. The normalized spacial score (nSPS) is 10.5. The van der Waals surface area contributed by atoms with E-state index in [-0.39, 0.29) is 11.4 Å². The molecule has 0 saturated heterocycles. The lowest BCUT2D eigenvalue weighted by Crippen LogP contribution is -2.00. The minimum absolute atomic E-state index is 0.0983. The Balaban J connectivity index is 2.28. The average molecular weight is 330 g/mol. The SMILES string of the molecule is CCCOc1cc(Oc2ccc(Cl)c(Cl)c2)c(N)cc1F. The monoisotopic (exact) mass is 329 g/mol. The predicted molar refractivity (Wildman–Crippen MR) is 83.1 cm³/mol. The van der Waals surface area contributed by atoms with Gasteiger partial charge < -0.3 is 15.2 Å². The van der Waals surface area contributed by atoms with Gasteiger partial charge in [-0.05, 0) is 18.6 Å². The molecule has 0 spiro atoms. The number of nitrogen functional groups attached to an aromatic ring is 1. The van der Waals surface area contributed by atoms with Gasteiger partial charge in [0.15, 0.2) is 17.3 Å². The van der Waals surface area contributed by atoms with Gasteiger partial charge in [-0.2, -0.15) is 0 Å². The molecule has 3 nitrogen and oxygen atoms in total. The number of halogens is 3. The van der Waals surface area contributed by atoms with Crippen molar-refractivity contribution in [3.63, 3.8) is 0 Å². The van der Waals surface area contributed by atoms with E-state index in [1.165, 1.54) is 6.07 Å². The maximum atomic E-state index is 13.7. The van der Waals surface area contributed by atoms with E-state index in [4.69, 9.17) is 38.4 Å². The van der Waals surface area contributed by atoms with E-state index in [0.29, 0.717) is 28.2 Å². The van der Waals surface area contributed by atoms with Gasteiger partial charge in [0.2, 0.25) is 0 Å². The smallest absolute Gasteiger partial charge is 0.167 e. The van der Waals surface area contributed by atoms with E-state index in [9.17, 15) is 4.39 Å². The highest BCUT2D eigenvalue weighted by Gasteiger charge is 2.11. The minimum Gasteiger partial charge on any atom is -0.490 e. The van der Waals surface area contributed by atoms with Gasteiger partial charge >= 0.3 is 0 Å². The van der Waals surface area contributed by atoms with E-state index in [2.05, 4.69) is 0 Å². The number of ether oxygens (including phenoxy) is 2. The molecule has 0 aliphatic carbocycles. The van der Waals surface area contributed by atoms with Gasteiger partial charge in [0.25, 0.3) is 0 Å². The quantitative estimate of drug-likeness (QED) is 0.757. The van der Waals surface area contributed by atoms with Crippen molar-refractivity contribution in [2.75, 3.05) is 12.3 Å². The first-order valence-electron chi connectivity index (χ1n) is 6.36. The van der Waals surface area contributed by atoms with Crippen molar-refractivity contribution in [1.29, 1.82) is 0 Å². The summed E-state index contributed by atoms with van der Waals surface area (Å²) >= 11 is 11.8. The van der Waals surface area contributed by atoms with Crippen molar-refractivity contribution in [3.05, 3.63) is 46.2 Å². The molecule has 2 aromatic rings. The minimum atomic E-state index is -0.526. The zero-order chi connectivity index (χ0) is 15.4. The Bertz CT molecular complexity index is 650.